The molecule has 2 atom stereocenters. The molecule has 0 saturated heterocycles. The summed E-state index contributed by atoms with van der Waals surface area (Å²) in [5.41, 5.74) is 0.746. The third-order valence-electron chi connectivity index (χ3n) is 3.95. The van der Waals surface area contributed by atoms with Crippen molar-refractivity contribution in [3.63, 3.8) is 0 Å². The van der Waals surface area contributed by atoms with Gasteiger partial charge in [-0.15, -0.1) is 0 Å². The van der Waals surface area contributed by atoms with E-state index in [-0.39, 0.29) is 29.7 Å². The largest absolute Gasteiger partial charge is 0.294 e. The summed E-state index contributed by atoms with van der Waals surface area (Å²) < 4.78 is 0. The summed E-state index contributed by atoms with van der Waals surface area (Å²) in [4.78, 5) is 23.0. The molecule has 0 bridgehead atoms. The van der Waals surface area contributed by atoms with E-state index in [1.807, 2.05) is 13.0 Å². The van der Waals surface area contributed by atoms with E-state index in [9.17, 15) is 14.9 Å². The molecule has 21 heavy (non-hydrogen) atoms. The van der Waals surface area contributed by atoms with E-state index in [0.29, 0.717) is 17.6 Å². The van der Waals surface area contributed by atoms with Crippen LogP contribution in [0, 0.1) is 33.3 Å². The zero-order valence-corrected chi connectivity index (χ0v) is 11.8. The van der Waals surface area contributed by atoms with Crippen molar-refractivity contribution in [1.82, 2.24) is 0 Å². The van der Waals surface area contributed by atoms with Gasteiger partial charge in [-0.1, -0.05) is 25.1 Å². The van der Waals surface area contributed by atoms with Crippen LogP contribution >= 0.6 is 0 Å². The second-order valence-corrected chi connectivity index (χ2v) is 5.18. The molecule has 1 aromatic carbocycles. The first kappa shape index (κ1) is 14.9. The van der Waals surface area contributed by atoms with Crippen molar-refractivity contribution in [1.29, 1.82) is 5.26 Å². The number of rotatable bonds is 4. The van der Waals surface area contributed by atoms with Gasteiger partial charge in [0.15, 0.2) is 5.78 Å². The highest BCUT2D eigenvalue weighted by molar-refractivity contribution is 6.22. The number of hydrogen-bond donors (Lipinski definition) is 0. The van der Waals surface area contributed by atoms with Crippen molar-refractivity contribution in [2.24, 2.45) is 11.8 Å². The molecule has 0 fully saturated rings. The summed E-state index contributed by atoms with van der Waals surface area (Å²) in [6.45, 7) is 2.00. The Labute approximate surface area is 123 Å². The lowest BCUT2D eigenvalue weighted by Gasteiger charge is -2.27. The van der Waals surface area contributed by atoms with Gasteiger partial charge >= 0.3 is 0 Å². The maximum atomic E-state index is 12.3. The van der Waals surface area contributed by atoms with E-state index in [1.54, 1.807) is 18.2 Å². The molecule has 5 heteroatoms. The molecule has 0 amide bonds. The van der Waals surface area contributed by atoms with E-state index in [2.05, 4.69) is 6.07 Å². The van der Waals surface area contributed by atoms with Crippen LogP contribution in [0.2, 0.25) is 0 Å². The summed E-state index contributed by atoms with van der Waals surface area (Å²) in [5.74, 6) is 0.00503. The molecule has 2 rings (SSSR count). The number of carbonyl (C=O) groups excluding carboxylic acids is 1. The third-order valence-corrected chi connectivity index (χ3v) is 3.95. The van der Waals surface area contributed by atoms with Gasteiger partial charge in [0.2, 0.25) is 0 Å². The molecule has 1 aliphatic rings. The van der Waals surface area contributed by atoms with Gasteiger partial charge in [-0.3, -0.25) is 14.9 Å². The molecule has 0 radical (unpaired) electrons. The number of benzene rings is 1. The van der Waals surface area contributed by atoms with Crippen LogP contribution in [-0.2, 0) is 4.79 Å². The molecule has 0 saturated carbocycles. The van der Waals surface area contributed by atoms with Gasteiger partial charge in [0.25, 0.3) is 5.69 Å². The second-order valence-electron chi connectivity index (χ2n) is 5.18. The van der Waals surface area contributed by atoms with Crippen LogP contribution in [0.3, 0.4) is 0 Å². The van der Waals surface area contributed by atoms with Crippen molar-refractivity contribution in [3.05, 3.63) is 46.0 Å². The van der Waals surface area contributed by atoms with Crippen LogP contribution in [0.25, 0.3) is 5.57 Å². The number of allylic oxidation sites excluding steroid dienone is 2. The number of ketones is 1. The minimum Gasteiger partial charge on any atom is -0.294 e. The van der Waals surface area contributed by atoms with Gasteiger partial charge in [0, 0.05) is 24.5 Å². The summed E-state index contributed by atoms with van der Waals surface area (Å²) in [6, 6.07) is 8.42. The lowest BCUT2D eigenvalue weighted by atomic mass is 9.75. The Kier molecular flexibility index (Phi) is 4.49. The number of para-hydroxylation sites is 1. The van der Waals surface area contributed by atoms with Crippen LogP contribution in [0.1, 0.15) is 31.7 Å². The van der Waals surface area contributed by atoms with Gasteiger partial charge in [-0.25, -0.2) is 0 Å². The van der Waals surface area contributed by atoms with Gasteiger partial charge in [-0.05, 0) is 24.3 Å². The molecule has 0 aliphatic heterocycles. The molecule has 0 aromatic heterocycles. The monoisotopic (exact) mass is 284 g/mol. The van der Waals surface area contributed by atoms with Crippen LogP contribution in [0.4, 0.5) is 5.69 Å². The summed E-state index contributed by atoms with van der Waals surface area (Å²) in [5, 5.41) is 20.0. The molecular formula is C16H16N2O3. The number of hydrogen-bond acceptors (Lipinski definition) is 4. The van der Waals surface area contributed by atoms with E-state index in [0.717, 1.165) is 6.42 Å². The first-order chi connectivity index (χ1) is 10.1. The van der Waals surface area contributed by atoms with Crippen LogP contribution in [0.15, 0.2) is 30.3 Å². The SMILES string of the molecule is CC[C@@H]1C=C(c2ccccc2[N+](=O)[O-])C(=O)C[C@H]1CC#N. The lowest BCUT2D eigenvalue weighted by Crippen LogP contribution is -2.23. The minimum absolute atomic E-state index is 0.0130. The lowest BCUT2D eigenvalue weighted by molar-refractivity contribution is -0.385. The molecule has 0 N–H and O–H groups in total. The zero-order chi connectivity index (χ0) is 15.4. The molecule has 0 spiro atoms. The molecule has 108 valence electrons. The maximum Gasteiger partial charge on any atom is 0.277 e. The van der Waals surface area contributed by atoms with Crippen molar-refractivity contribution in [2.45, 2.75) is 26.2 Å². The van der Waals surface area contributed by atoms with E-state index in [1.165, 1.54) is 6.07 Å². The van der Waals surface area contributed by atoms with Crippen molar-refractivity contribution < 1.29 is 9.72 Å². The summed E-state index contributed by atoms with van der Waals surface area (Å²) in [7, 11) is 0. The average molecular weight is 284 g/mol. The van der Waals surface area contributed by atoms with E-state index < -0.39 is 4.92 Å². The van der Waals surface area contributed by atoms with Crippen LogP contribution in [0.5, 0.6) is 0 Å². The molecule has 0 unspecified atom stereocenters. The number of Topliss-reactive ketones (excluding diaryl/α,β-unsaturated/α-hetero) is 1. The Bertz CT molecular complexity index is 643. The fraction of sp³-hybridized carbons (Fsp3) is 0.375. The predicted octanol–water partition coefficient (Wildman–Crippen LogP) is 3.51. The quantitative estimate of drug-likeness (QED) is 0.625. The smallest absolute Gasteiger partial charge is 0.277 e. The molecule has 1 aromatic rings. The minimum atomic E-state index is -0.466. The average Bonchev–Trinajstić information content (AvgIpc) is 2.48. The van der Waals surface area contributed by atoms with E-state index in [4.69, 9.17) is 5.26 Å². The Hall–Kier alpha value is -2.48. The molecule has 5 nitrogen and oxygen atoms in total. The second kappa shape index (κ2) is 6.31. The van der Waals surface area contributed by atoms with Gasteiger partial charge in [-0.2, -0.15) is 5.26 Å². The van der Waals surface area contributed by atoms with Gasteiger partial charge < -0.3 is 0 Å². The summed E-state index contributed by atoms with van der Waals surface area (Å²) in [6.07, 6.45) is 3.24. The number of carbonyl (C=O) groups is 1. The maximum absolute atomic E-state index is 12.3. The normalized spacial score (nSPS) is 21.5. The highest BCUT2D eigenvalue weighted by atomic mass is 16.6. The Balaban J connectivity index is 2.47. The number of nitro benzene ring substituents is 1. The van der Waals surface area contributed by atoms with Crippen molar-refractivity contribution >= 4 is 17.0 Å². The predicted molar refractivity (Wildman–Crippen MR) is 78.2 cm³/mol. The highest BCUT2D eigenvalue weighted by Crippen LogP contribution is 2.37. The number of nitriles is 1. The highest BCUT2D eigenvalue weighted by Gasteiger charge is 2.31. The number of nitro groups is 1. The van der Waals surface area contributed by atoms with Crippen molar-refractivity contribution in [3.8, 4) is 6.07 Å². The fourth-order valence-electron chi connectivity index (χ4n) is 2.84. The fourth-order valence-corrected chi connectivity index (χ4v) is 2.84. The molecule has 0 heterocycles. The van der Waals surface area contributed by atoms with Crippen LogP contribution < -0.4 is 0 Å². The number of nitrogens with zero attached hydrogens (tertiary/aromatic N) is 2. The van der Waals surface area contributed by atoms with Crippen LogP contribution in [-0.4, -0.2) is 10.7 Å². The third kappa shape index (κ3) is 3.00. The first-order valence-electron chi connectivity index (χ1n) is 6.94. The zero-order valence-electron chi connectivity index (χ0n) is 11.8. The standard InChI is InChI=1S/C16H16N2O3/c1-2-11-9-14(16(19)10-12(11)7-8-17)13-5-3-4-6-15(13)18(20)21/h3-6,9,11-12H,2,7,10H2,1H3/t11-,12-/m1/s1. The van der Waals surface area contributed by atoms with Crippen molar-refractivity contribution in [2.75, 3.05) is 0 Å². The Morgan fingerprint density at radius 2 is 2.14 bits per heavy atom. The molecule has 1 aliphatic carbocycles. The van der Waals surface area contributed by atoms with Gasteiger partial charge in [0.1, 0.15) is 0 Å². The Morgan fingerprint density at radius 1 is 1.43 bits per heavy atom. The van der Waals surface area contributed by atoms with Gasteiger partial charge in [0.05, 0.1) is 16.6 Å². The molecular weight excluding hydrogens is 268 g/mol. The van der Waals surface area contributed by atoms with E-state index >= 15 is 0 Å². The first-order valence-corrected chi connectivity index (χ1v) is 6.94. The summed E-state index contributed by atoms with van der Waals surface area (Å²) >= 11 is 0. The Morgan fingerprint density at radius 3 is 2.76 bits per heavy atom. The topological polar surface area (TPSA) is 84.0 Å².